The van der Waals surface area contributed by atoms with Crippen LogP contribution in [0, 0.1) is 24.6 Å². The third kappa shape index (κ3) is 4.17. The lowest BCUT2D eigenvalue weighted by atomic mass is 9.76. The highest BCUT2D eigenvalue weighted by Gasteiger charge is 2.62. The molecule has 1 aromatic carbocycles. The molecule has 2 N–H and O–H groups in total. The second kappa shape index (κ2) is 8.08. The molecule has 8 nitrogen and oxygen atoms in total. The minimum atomic E-state index is -0.876. The Morgan fingerprint density at radius 1 is 1.35 bits per heavy atom. The van der Waals surface area contributed by atoms with Gasteiger partial charge in [0, 0.05) is 11.0 Å². The van der Waals surface area contributed by atoms with Crippen LogP contribution in [0.4, 0.5) is 14.9 Å². The zero-order valence-corrected chi connectivity index (χ0v) is 19.5. The van der Waals surface area contributed by atoms with Crippen LogP contribution in [0.2, 0.25) is 0 Å². The van der Waals surface area contributed by atoms with Gasteiger partial charge in [0.05, 0.1) is 18.6 Å². The van der Waals surface area contributed by atoms with E-state index >= 15 is 4.39 Å². The highest BCUT2D eigenvalue weighted by Crippen LogP contribution is 2.59. The van der Waals surface area contributed by atoms with E-state index in [0.717, 1.165) is 12.8 Å². The first kappa shape index (κ1) is 22.8. The van der Waals surface area contributed by atoms with Crippen molar-refractivity contribution in [3.63, 3.8) is 0 Å². The molecule has 9 heteroatoms. The third-order valence-electron chi connectivity index (χ3n) is 7.55. The maximum absolute atomic E-state index is 15.4. The predicted octanol–water partition coefficient (Wildman–Crippen LogP) is 5.05. The first-order chi connectivity index (χ1) is 16.1. The number of carbonyl (C=O) groups is 2. The molecule has 2 heterocycles. The number of ether oxygens (including phenoxy) is 2. The molecule has 1 aliphatic heterocycles. The van der Waals surface area contributed by atoms with Gasteiger partial charge < -0.3 is 19.1 Å². The summed E-state index contributed by atoms with van der Waals surface area (Å²) in [5, 5.41) is 15.8. The number of hydrogen-bond donors (Lipinski definition) is 2. The molecular weight excluding hydrogens is 443 g/mol. The Bertz CT molecular complexity index is 1140. The van der Waals surface area contributed by atoms with E-state index in [0.29, 0.717) is 41.3 Å². The van der Waals surface area contributed by atoms with Crippen molar-refractivity contribution < 1.29 is 33.1 Å². The summed E-state index contributed by atoms with van der Waals surface area (Å²) in [5.41, 5.74) is 0.614. The molecule has 0 bridgehead atoms. The summed E-state index contributed by atoms with van der Waals surface area (Å²) < 4.78 is 32.2. The lowest BCUT2D eigenvalue weighted by Gasteiger charge is -2.37. The fourth-order valence-corrected chi connectivity index (χ4v) is 5.23. The topological polar surface area (TPSA) is 111 Å². The quantitative estimate of drug-likeness (QED) is 0.580. The number of anilines is 1. The number of fused-ring (bicyclic) bond motifs is 1. The monoisotopic (exact) mass is 472 g/mol. The summed E-state index contributed by atoms with van der Waals surface area (Å²) in [5.74, 6) is -0.519. The van der Waals surface area contributed by atoms with Gasteiger partial charge in [-0.25, -0.2) is 9.18 Å². The van der Waals surface area contributed by atoms with Crippen LogP contribution in [0.15, 0.2) is 22.7 Å². The molecule has 3 aliphatic rings. The van der Waals surface area contributed by atoms with Crippen LogP contribution < -0.4 is 5.32 Å². The SMILES string of the molecule is Cc1noc(-c2ccc(C3(C)COC4(CC(=O)O)CC4C3)c(F)c2)c1NC(=O)O[C@H](C)C1CC1. The molecule has 34 heavy (non-hydrogen) atoms. The number of benzene rings is 1. The van der Waals surface area contributed by atoms with Crippen LogP contribution >= 0.6 is 0 Å². The number of amides is 1. The number of aromatic nitrogens is 1. The predicted molar refractivity (Wildman–Crippen MR) is 120 cm³/mol. The summed E-state index contributed by atoms with van der Waals surface area (Å²) in [6.07, 6.45) is 2.69. The molecule has 1 saturated heterocycles. The molecule has 4 atom stereocenters. The van der Waals surface area contributed by atoms with Gasteiger partial charge in [0.1, 0.15) is 23.3 Å². The smallest absolute Gasteiger partial charge is 0.412 e. The Kier molecular flexibility index (Phi) is 5.42. The van der Waals surface area contributed by atoms with E-state index < -0.39 is 28.9 Å². The fraction of sp³-hybridized carbons (Fsp3) is 0.560. The summed E-state index contributed by atoms with van der Waals surface area (Å²) in [7, 11) is 0. The van der Waals surface area contributed by atoms with Crippen molar-refractivity contribution in [2.24, 2.45) is 11.8 Å². The van der Waals surface area contributed by atoms with E-state index in [1.165, 1.54) is 6.07 Å². The average Bonchev–Trinajstić information content (AvgIpc) is 3.67. The largest absolute Gasteiger partial charge is 0.481 e. The van der Waals surface area contributed by atoms with E-state index in [1.54, 1.807) is 19.1 Å². The summed E-state index contributed by atoms with van der Waals surface area (Å²) in [6, 6.07) is 4.81. The number of hydrogen-bond acceptors (Lipinski definition) is 6. The van der Waals surface area contributed by atoms with E-state index in [9.17, 15) is 9.59 Å². The summed E-state index contributed by atoms with van der Waals surface area (Å²) >= 11 is 0. The summed E-state index contributed by atoms with van der Waals surface area (Å²) in [4.78, 5) is 23.5. The average molecular weight is 473 g/mol. The number of aryl methyl sites for hydroxylation is 1. The maximum atomic E-state index is 15.4. The van der Waals surface area contributed by atoms with Crippen molar-refractivity contribution in [3.05, 3.63) is 35.3 Å². The number of aliphatic carboxylic acids is 1. The number of carboxylic acids is 1. The zero-order chi connectivity index (χ0) is 24.3. The highest BCUT2D eigenvalue weighted by molar-refractivity contribution is 5.90. The molecule has 1 aromatic heterocycles. The van der Waals surface area contributed by atoms with Gasteiger partial charge in [0.15, 0.2) is 5.76 Å². The Balaban J connectivity index is 1.33. The Morgan fingerprint density at radius 2 is 2.12 bits per heavy atom. The number of carbonyl (C=O) groups excluding carboxylic acids is 1. The zero-order valence-electron chi connectivity index (χ0n) is 19.5. The van der Waals surface area contributed by atoms with Gasteiger partial charge in [-0.15, -0.1) is 0 Å². The molecule has 0 radical (unpaired) electrons. The Hall–Kier alpha value is -2.94. The van der Waals surface area contributed by atoms with E-state index in [-0.39, 0.29) is 30.8 Å². The maximum Gasteiger partial charge on any atom is 0.412 e. The fourth-order valence-electron chi connectivity index (χ4n) is 5.23. The summed E-state index contributed by atoms with van der Waals surface area (Å²) in [6.45, 7) is 5.76. The van der Waals surface area contributed by atoms with E-state index in [1.807, 2.05) is 13.8 Å². The van der Waals surface area contributed by atoms with Crippen molar-refractivity contribution >= 4 is 17.7 Å². The number of nitrogens with one attached hydrogen (secondary N) is 1. The Labute approximate surface area is 196 Å². The van der Waals surface area contributed by atoms with Crippen LogP contribution in [0.25, 0.3) is 11.3 Å². The van der Waals surface area contributed by atoms with E-state index in [2.05, 4.69) is 10.5 Å². The molecule has 5 rings (SSSR count). The lowest BCUT2D eigenvalue weighted by Crippen LogP contribution is -2.40. The second-order valence-electron chi connectivity index (χ2n) is 10.3. The van der Waals surface area contributed by atoms with Crippen molar-refractivity contribution in [1.82, 2.24) is 5.16 Å². The first-order valence-corrected chi connectivity index (χ1v) is 11.7. The highest BCUT2D eigenvalue weighted by atomic mass is 19.1. The van der Waals surface area contributed by atoms with Crippen LogP contribution in [0.5, 0.6) is 0 Å². The third-order valence-corrected chi connectivity index (χ3v) is 7.55. The number of rotatable bonds is 7. The molecule has 1 amide bonds. The van der Waals surface area contributed by atoms with E-state index in [4.69, 9.17) is 19.1 Å². The van der Waals surface area contributed by atoms with Crippen molar-refractivity contribution in [2.75, 3.05) is 11.9 Å². The molecule has 2 saturated carbocycles. The van der Waals surface area contributed by atoms with Crippen molar-refractivity contribution in [1.29, 1.82) is 0 Å². The van der Waals surface area contributed by atoms with Gasteiger partial charge in [0.2, 0.25) is 0 Å². The number of carboxylic acid groups (broad SMARTS) is 1. The minimum absolute atomic E-state index is 0.0162. The van der Waals surface area contributed by atoms with Crippen molar-refractivity contribution in [2.45, 2.75) is 70.0 Å². The van der Waals surface area contributed by atoms with Gasteiger partial charge in [0.25, 0.3) is 0 Å². The normalized spacial score (nSPS) is 28.6. The van der Waals surface area contributed by atoms with Gasteiger partial charge in [-0.2, -0.15) is 0 Å². The minimum Gasteiger partial charge on any atom is -0.481 e. The van der Waals surface area contributed by atoms with Crippen LogP contribution in [0.1, 0.15) is 57.2 Å². The molecule has 2 aromatic rings. The van der Waals surface area contributed by atoms with Crippen LogP contribution in [-0.2, 0) is 19.7 Å². The van der Waals surface area contributed by atoms with Crippen molar-refractivity contribution in [3.8, 4) is 11.3 Å². The van der Waals surface area contributed by atoms with Gasteiger partial charge in [-0.3, -0.25) is 10.1 Å². The lowest BCUT2D eigenvalue weighted by molar-refractivity contribution is -0.143. The first-order valence-electron chi connectivity index (χ1n) is 11.7. The molecule has 3 fully saturated rings. The van der Waals surface area contributed by atoms with Gasteiger partial charge in [-0.1, -0.05) is 24.2 Å². The standard InChI is InChI=1S/C25H29FN2O6/c1-13-21(27-23(31)33-14(2)15-4-5-15)22(34-28-13)16-6-7-18(19(26)8-16)24(3)9-17-10-25(17,32-12-24)11-20(29)30/h6-8,14-15,17H,4-5,9-12H2,1-3H3,(H,27,31)(H,29,30)/t14-,17?,24?,25?/m1/s1. The van der Waals surface area contributed by atoms with Gasteiger partial charge >= 0.3 is 12.1 Å². The van der Waals surface area contributed by atoms with Crippen LogP contribution in [-0.4, -0.2) is 40.6 Å². The number of nitrogens with zero attached hydrogens (tertiary/aromatic N) is 1. The van der Waals surface area contributed by atoms with Gasteiger partial charge in [-0.05, 0) is 63.0 Å². The van der Waals surface area contributed by atoms with Crippen LogP contribution in [0.3, 0.4) is 0 Å². The molecular formula is C25H29FN2O6. The second-order valence-corrected chi connectivity index (χ2v) is 10.3. The number of halogens is 1. The molecule has 2 aliphatic carbocycles. The molecule has 0 spiro atoms. The Morgan fingerprint density at radius 3 is 2.76 bits per heavy atom. The molecule has 182 valence electrons. The molecule has 3 unspecified atom stereocenters.